The van der Waals surface area contributed by atoms with Crippen molar-refractivity contribution in [3.8, 4) is 0 Å². The Balaban J connectivity index is 1.90. The molecule has 5 nitrogen and oxygen atoms in total. The summed E-state index contributed by atoms with van der Waals surface area (Å²) in [7, 11) is 0. The monoisotopic (exact) mass is 275 g/mol. The second kappa shape index (κ2) is 4.84. The van der Waals surface area contributed by atoms with Crippen LogP contribution < -0.4 is 5.32 Å². The second-order valence-corrected chi connectivity index (χ2v) is 4.33. The lowest BCUT2D eigenvalue weighted by Gasteiger charge is -2.09. The van der Waals surface area contributed by atoms with E-state index in [1.54, 1.807) is 6.92 Å². The zero-order valence-electron chi connectivity index (χ0n) is 10.6. The van der Waals surface area contributed by atoms with Crippen molar-refractivity contribution < 1.29 is 8.78 Å². The zero-order valence-corrected chi connectivity index (χ0v) is 10.6. The molecule has 102 valence electrons. The van der Waals surface area contributed by atoms with Gasteiger partial charge in [0.25, 0.3) is 0 Å². The van der Waals surface area contributed by atoms with Gasteiger partial charge in [-0.15, -0.1) is 0 Å². The van der Waals surface area contributed by atoms with Gasteiger partial charge in [-0.05, 0) is 18.6 Å². The van der Waals surface area contributed by atoms with E-state index in [0.717, 1.165) is 0 Å². The SMILES string of the molecule is Cc1ccc(F)c(CNc2ncnc3nc[nH]c23)c1F. The van der Waals surface area contributed by atoms with Crippen LogP contribution in [0.5, 0.6) is 0 Å². The van der Waals surface area contributed by atoms with E-state index in [1.165, 1.54) is 24.8 Å². The standard InChI is InChI=1S/C13H11F2N5/c1-7-2-3-9(14)8(10(7)15)4-16-12-11-13(18-5-17-11)20-6-19-12/h2-3,5-6H,4H2,1H3,(H2,16,17,18,19,20). The number of aromatic nitrogens is 4. The first kappa shape index (κ1) is 12.5. The van der Waals surface area contributed by atoms with Crippen LogP contribution in [0.25, 0.3) is 11.2 Å². The van der Waals surface area contributed by atoms with Gasteiger partial charge in [0.15, 0.2) is 11.5 Å². The van der Waals surface area contributed by atoms with Crippen molar-refractivity contribution in [1.29, 1.82) is 0 Å². The number of aryl methyl sites for hydroxylation is 1. The summed E-state index contributed by atoms with van der Waals surface area (Å²) in [5.74, 6) is -0.685. The van der Waals surface area contributed by atoms with Crippen molar-refractivity contribution in [1.82, 2.24) is 19.9 Å². The van der Waals surface area contributed by atoms with Crippen LogP contribution in [-0.4, -0.2) is 19.9 Å². The van der Waals surface area contributed by atoms with Gasteiger partial charge in [0.2, 0.25) is 0 Å². The van der Waals surface area contributed by atoms with Crippen LogP contribution in [0.3, 0.4) is 0 Å². The first-order chi connectivity index (χ1) is 9.66. The number of rotatable bonds is 3. The average molecular weight is 275 g/mol. The van der Waals surface area contributed by atoms with Crippen LogP contribution in [0.2, 0.25) is 0 Å². The summed E-state index contributed by atoms with van der Waals surface area (Å²) in [5, 5.41) is 2.90. The van der Waals surface area contributed by atoms with Crippen molar-refractivity contribution in [2.45, 2.75) is 13.5 Å². The van der Waals surface area contributed by atoms with Gasteiger partial charge >= 0.3 is 0 Å². The molecule has 0 bridgehead atoms. The fourth-order valence-corrected chi connectivity index (χ4v) is 1.95. The van der Waals surface area contributed by atoms with Gasteiger partial charge in [-0.1, -0.05) is 6.07 Å². The predicted molar refractivity (Wildman–Crippen MR) is 70.1 cm³/mol. The molecule has 0 amide bonds. The summed E-state index contributed by atoms with van der Waals surface area (Å²) < 4.78 is 27.5. The molecule has 0 atom stereocenters. The van der Waals surface area contributed by atoms with E-state index >= 15 is 0 Å². The number of anilines is 1. The van der Waals surface area contributed by atoms with Crippen molar-refractivity contribution in [2.75, 3.05) is 5.32 Å². The molecule has 0 aliphatic carbocycles. The maximum absolute atomic E-state index is 13.9. The second-order valence-electron chi connectivity index (χ2n) is 4.33. The van der Waals surface area contributed by atoms with Gasteiger partial charge in [-0.25, -0.2) is 23.7 Å². The highest BCUT2D eigenvalue weighted by Gasteiger charge is 2.12. The molecule has 0 unspecified atom stereocenters. The van der Waals surface area contributed by atoms with E-state index in [2.05, 4.69) is 25.3 Å². The molecule has 2 N–H and O–H groups in total. The van der Waals surface area contributed by atoms with E-state index in [4.69, 9.17) is 0 Å². The molecule has 0 fully saturated rings. The molecule has 20 heavy (non-hydrogen) atoms. The van der Waals surface area contributed by atoms with Crippen LogP contribution in [0.4, 0.5) is 14.6 Å². The van der Waals surface area contributed by atoms with Crippen LogP contribution in [-0.2, 0) is 6.54 Å². The number of imidazole rings is 1. The Bertz CT molecular complexity index is 769. The lowest BCUT2D eigenvalue weighted by molar-refractivity contribution is 0.554. The largest absolute Gasteiger partial charge is 0.364 e. The van der Waals surface area contributed by atoms with Gasteiger partial charge < -0.3 is 10.3 Å². The fourth-order valence-electron chi connectivity index (χ4n) is 1.95. The molecule has 3 rings (SSSR count). The molecular weight excluding hydrogens is 264 g/mol. The molecular formula is C13H11F2N5. The first-order valence-electron chi connectivity index (χ1n) is 5.98. The summed E-state index contributed by atoms with van der Waals surface area (Å²) in [6.07, 6.45) is 2.83. The Morgan fingerprint density at radius 2 is 2.05 bits per heavy atom. The number of benzene rings is 1. The fraction of sp³-hybridized carbons (Fsp3) is 0.154. The molecule has 2 aromatic heterocycles. The van der Waals surface area contributed by atoms with Gasteiger partial charge in [0, 0.05) is 12.1 Å². The highest BCUT2D eigenvalue weighted by atomic mass is 19.1. The lowest BCUT2D eigenvalue weighted by atomic mass is 10.1. The van der Waals surface area contributed by atoms with E-state index < -0.39 is 11.6 Å². The minimum Gasteiger partial charge on any atom is -0.364 e. The Hall–Kier alpha value is -2.57. The third-order valence-electron chi connectivity index (χ3n) is 3.03. The van der Waals surface area contributed by atoms with Gasteiger partial charge in [0.1, 0.15) is 23.5 Å². The normalized spacial score (nSPS) is 10.9. The van der Waals surface area contributed by atoms with Crippen LogP contribution in [0, 0.1) is 18.6 Å². The first-order valence-corrected chi connectivity index (χ1v) is 5.98. The lowest BCUT2D eigenvalue weighted by Crippen LogP contribution is -2.07. The van der Waals surface area contributed by atoms with Gasteiger partial charge in [-0.2, -0.15) is 0 Å². The average Bonchev–Trinajstić information content (AvgIpc) is 2.92. The highest BCUT2D eigenvalue weighted by molar-refractivity contribution is 5.81. The number of aromatic amines is 1. The van der Waals surface area contributed by atoms with Crippen LogP contribution >= 0.6 is 0 Å². The van der Waals surface area contributed by atoms with Gasteiger partial charge in [0.05, 0.1) is 6.33 Å². The number of hydrogen-bond donors (Lipinski definition) is 2. The molecule has 3 aromatic rings. The van der Waals surface area contributed by atoms with E-state index in [1.807, 2.05) is 0 Å². The molecule has 1 aromatic carbocycles. The third-order valence-corrected chi connectivity index (χ3v) is 3.03. The molecule has 2 heterocycles. The number of nitrogens with one attached hydrogen (secondary N) is 2. The Labute approximate surface area is 113 Å². The van der Waals surface area contributed by atoms with Crippen molar-refractivity contribution in [3.63, 3.8) is 0 Å². The highest BCUT2D eigenvalue weighted by Crippen LogP contribution is 2.19. The number of nitrogens with zero attached hydrogens (tertiary/aromatic N) is 3. The summed E-state index contributed by atoms with van der Waals surface area (Å²) in [6.45, 7) is 1.58. The van der Waals surface area contributed by atoms with Crippen molar-refractivity contribution in [3.05, 3.63) is 47.5 Å². The summed E-state index contributed by atoms with van der Waals surface area (Å²) in [6, 6.07) is 2.66. The summed E-state index contributed by atoms with van der Waals surface area (Å²) in [4.78, 5) is 14.9. The van der Waals surface area contributed by atoms with Crippen LogP contribution in [0.1, 0.15) is 11.1 Å². The third kappa shape index (κ3) is 2.07. The molecule has 0 saturated heterocycles. The maximum atomic E-state index is 13.9. The molecule has 0 radical (unpaired) electrons. The van der Waals surface area contributed by atoms with Crippen molar-refractivity contribution in [2.24, 2.45) is 0 Å². The predicted octanol–water partition coefficient (Wildman–Crippen LogP) is 2.55. The minimum absolute atomic E-state index is 0.00944. The quantitative estimate of drug-likeness (QED) is 0.771. The number of hydrogen-bond acceptors (Lipinski definition) is 4. The molecule has 0 spiro atoms. The molecule has 7 heteroatoms. The zero-order chi connectivity index (χ0) is 14.1. The van der Waals surface area contributed by atoms with E-state index in [9.17, 15) is 8.78 Å². The Morgan fingerprint density at radius 1 is 1.20 bits per heavy atom. The van der Waals surface area contributed by atoms with Crippen molar-refractivity contribution >= 4 is 17.0 Å². The van der Waals surface area contributed by atoms with E-state index in [0.29, 0.717) is 22.5 Å². The van der Waals surface area contributed by atoms with Gasteiger partial charge in [-0.3, -0.25) is 0 Å². The minimum atomic E-state index is -0.587. The smallest absolute Gasteiger partial charge is 0.182 e. The summed E-state index contributed by atoms with van der Waals surface area (Å²) in [5.41, 5.74) is 1.47. The van der Waals surface area contributed by atoms with E-state index in [-0.39, 0.29) is 12.1 Å². The number of halogens is 2. The molecule has 0 aliphatic rings. The topological polar surface area (TPSA) is 66.5 Å². The Kier molecular flexibility index (Phi) is 3.02. The Morgan fingerprint density at radius 3 is 2.90 bits per heavy atom. The molecule has 0 saturated carbocycles. The summed E-state index contributed by atoms with van der Waals surface area (Å²) >= 11 is 0. The number of fused-ring (bicyclic) bond motifs is 1. The number of H-pyrrole nitrogens is 1. The molecule has 0 aliphatic heterocycles. The maximum Gasteiger partial charge on any atom is 0.182 e. The van der Waals surface area contributed by atoms with Crippen LogP contribution in [0.15, 0.2) is 24.8 Å².